The highest BCUT2D eigenvalue weighted by molar-refractivity contribution is 6.00. The number of carbonyl (C=O) groups is 1. The first kappa shape index (κ1) is 11.6. The molecule has 0 heterocycles. The average Bonchev–Trinajstić information content (AvgIpc) is 2.35. The highest BCUT2D eigenvalue weighted by Crippen LogP contribution is 2.26. The van der Waals surface area contributed by atoms with Gasteiger partial charge in [0, 0.05) is 10.9 Å². The molecule has 0 atom stereocenters. The SMILES string of the molecule is CCCOc1cccc2ccc(C(C)=O)cc12. The maximum atomic E-state index is 11.4. The number of ketones is 1. The van der Waals surface area contributed by atoms with Crippen molar-refractivity contribution in [2.24, 2.45) is 0 Å². The molecule has 0 saturated heterocycles. The normalized spacial score (nSPS) is 10.5. The summed E-state index contributed by atoms with van der Waals surface area (Å²) in [5.74, 6) is 0.935. The van der Waals surface area contributed by atoms with Gasteiger partial charge >= 0.3 is 0 Å². The summed E-state index contributed by atoms with van der Waals surface area (Å²) in [6.07, 6.45) is 0.975. The van der Waals surface area contributed by atoms with E-state index in [0.29, 0.717) is 6.61 Å². The Kier molecular flexibility index (Phi) is 3.43. The first-order valence-corrected chi connectivity index (χ1v) is 5.89. The third kappa shape index (κ3) is 2.47. The van der Waals surface area contributed by atoms with Crippen molar-refractivity contribution >= 4 is 16.6 Å². The standard InChI is InChI=1S/C15H16O2/c1-3-9-17-15-6-4-5-12-7-8-13(11(2)16)10-14(12)15/h4-8,10H,3,9H2,1-2H3. The summed E-state index contributed by atoms with van der Waals surface area (Å²) in [4.78, 5) is 11.4. The van der Waals surface area contributed by atoms with Gasteiger partial charge < -0.3 is 4.74 Å². The topological polar surface area (TPSA) is 26.3 Å². The number of hydrogen-bond acceptors (Lipinski definition) is 2. The molecule has 0 aliphatic heterocycles. The Bertz CT molecular complexity index is 544. The zero-order valence-electron chi connectivity index (χ0n) is 10.2. The van der Waals surface area contributed by atoms with E-state index in [1.165, 1.54) is 0 Å². The second-order valence-electron chi connectivity index (χ2n) is 4.10. The van der Waals surface area contributed by atoms with E-state index in [0.717, 1.165) is 28.5 Å². The van der Waals surface area contributed by atoms with E-state index < -0.39 is 0 Å². The summed E-state index contributed by atoms with van der Waals surface area (Å²) >= 11 is 0. The Morgan fingerprint density at radius 3 is 2.76 bits per heavy atom. The van der Waals surface area contributed by atoms with Crippen LogP contribution in [0.1, 0.15) is 30.6 Å². The Morgan fingerprint density at radius 2 is 2.06 bits per heavy atom. The highest BCUT2D eigenvalue weighted by Gasteiger charge is 2.05. The first-order chi connectivity index (χ1) is 8.22. The van der Waals surface area contributed by atoms with E-state index in [4.69, 9.17) is 4.74 Å². The lowest BCUT2D eigenvalue weighted by molar-refractivity contribution is 0.101. The van der Waals surface area contributed by atoms with Crippen LogP contribution in [0.15, 0.2) is 36.4 Å². The molecule has 2 nitrogen and oxygen atoms in total. The molecule has 0 unspecified atom stereocenters. The Hall–Kier alpha value is -1.83. The maximum Gasteiger partial charge on any atom is 0.159 e. The van der Waals surface area contributed by atoms with E-state index in [9.17, 15) is 4.79 Å². The number of fused-ring (bicyclic) bond motifs is 1. The summed E-state index contributed by atoms with van der Waals surface area (Å²) in [7, 11) is 0. The number of rotatable bonds is 4. The van der Waals surface area contributed by atoms with Gasteiger partial charge in [-0.05, 0) is 30.9 Å². The molecule has 0 aliphatic rings. The van der Waals surface area contributed by atoms with Gasteiger partial charge in [-0.2, -0.15) is 0 Å². The zero-order valence-corrected chi connectivity index (χ0v) is 10.2. The smallest absolute Gasteiger partial charge is 0.159 e. The summed E-state index contributed by atoms with van der Waals surface area (Å²) in [6, 6.07) is 11.7. The van der Waals surface area contributed by atoms with Crippen LogP contribution < -0.4 is 4.74 Å². The minimum absolute atomic E-state index is 0.0807. The van der Waals surface area contributed by atoms with Gasteiger partial charge in [0.1, 0.15) is 5.75 Å². The molecule has 0 N–H and O–H groups in total. The summed E-state index contributed by atoms with van der Waals surface area (Å²) in [6.45, 7) is 4.35. The molecule has 0 amide bonds. The second kappa shape index (κ2) is 5.00. The number of ether oxygens (including phenoxy) is 1. The molecule has 0 bridgehead atoms. The van der Waals surface area contributed by atoms with Crippen LogP contribution >= 0.6 is 0 Å². The third-order valence-electron chi connectivity index (χ3n) is 2.71. The monoisotopic (exact) mass is 228 g/mol. The minimum Gasteiger partial charge on any atom is -0.493 e. The lowest BCUT2D eigenvalue weighted by Gasteiger charge is -2.09. The van der Waals surface area contributed by atoms with Gasteiger partial charge in [0.05, 0.1) is 6.61 Å². The highest BCUT2D eigenvalue weighted by atomic mass is 16.5. The molecule has 88 valence electrons. The molecule has 17 heavy (non-hydrogen) atoms. The molecular weight excluding hydrogens is 212 g/mol. The van der Waals surface area contributed by atoms with Crippen molar-refractivity contribution in [2.75, 3.05) is 6.61 Å². The molecule has 2 rings (SSSR count). The minimum atomic E-state index is 0.0807. The molecule has 2 aromatic rings. The van der Waals surface area contributed by atoms with Crippen LogP contribution in [0.2, 0.25) is 0 Å². The molecule has 2 heteroatoms. The molecule has 0 aromatic heterocycles. The van der Waals surface area contributed by atoms with Crippen LogP contribution in [0.5, 0.6) is 5.75 Å². The van der Waals surface area contributed by atoms with E-state index in [1.807, 2.05) is 36.4 Å². The molecule has 0 spiro atoms. The van der Waals surface area contributed by atoms with Gasteiger partial charge in [-0.3, -0.25) is 4.79 Å². The van der Waals surface area contributed by atoms with Gasteiger partial charge in [-0.15, -0.1) is 0 Å². The Balaban J connectivity index is 2.51. The van der Waals surface area contributed by atoms with Crippen molar-refractivity contribution in [1.82, 2.24) is 0 Å². The summed E-state index contributed by atoms with van der Waals surface area (Å²) < 4.78 is 5.69. The van der Waals surface area contributed by atoms with Gasteiger partial charge in [-0.1, -0.05) is 31.2 Å². The fraction of sp³-hybridized carbons (Fsp3) is 0.267. The molecular formula is C15H16O2. The van der Waals surface area contributed by atoms with E-state index in [1.54, 1.807) is 6.92 Å². The summed E-state index contributed by atoms with van der Waals surface area (Å²) in [5, 5.41) is 2.11. The largest absolute Gasteiger partial charge is 0.493 e. The van der Waals surface area contributed by atoms with E-state index >= 15 is 0 Å². The van der Waals surface area contributed by atoms with Crippen molar-refractivity contribution in [1.29, 1.82) is 0 Å². The van der Waals surface area contributed by atoms with Gasteiger partial charge in [0.2, 0.25) is 0 Å². The Labute approximate surface area is 101 Å². The molecule has 0 fully saturated rings. The molecule has 2 aromatic carbocycles. The third-order valence-corrected chi connectivity index (χ3v) is 2.71. The van der Waals surface area contributed by atoms with Crippen LogP contribution in [0, 0.1) is 0 Å². The lowest BCUT2D eigenvalue weighted by atomic mass is 10.0. The molecule has 0 saturated carbocycles. The van der Waals surface area contributed by atoms with Crippen molar-refractivity contribution < 1.29 is 9.53 Å². The van der Waals surface area contributed by atoms with Gasteiger partial charge in [0.15, 0.2) is 5.78 Å². The Morgan fingerprint density at radius 1 is 1.24 bits per heavy atom. The molecule has 0 aliphatic carbocycles. The van der Waals surface area contributed by atoms with Crippen LogP contribution in [-0.2, 0) is 0 Å². The summed E-state index contributed by atoms with van der Waals surface area (Å²) in [5.41, 5.74) is 0.727. The number of benzene rings is 2. The lowest BCUT2D eigenvalue weighted by Crippen LogP contribution is -1.97. The van der Waals surface area contributed by atoms with Crippen LogP contribution in [0.3, 0.4) is 0 Å². The maximum absolute atomic E-state index is 11.4. The quantitative estimate of drug-likeness (QED) is 0.743. The number of hydrogen-bond donors (Lipinski definition) is 0. The predicted molar refractivity (Wildman–Crippen MR) is 69.7 cm³/mol. The van der Waals surface area contributed by atoms with E-state index in [2.05, 4.69) is 6.92 Å². The van der Waals surface area contributed by atoms with Crippen LogP contribution in [-0.4, -0.2) is 12.4 Å². The van der Waals surface area contributed by atoms with Gasteiger partial charge in [-0.25, -0.2) is 0 Å². The number of carbonyl (C=O) groups excluding carboxylic acids is 1. The van der Waals surface area contributed by atoms with E-state index in [-0.39, 0.29) is 5.78 Å². The average molecular weight is 228 g/mol. The first-order valence-electron chi connectivity index (χ1n) is 5.89. The van der Waals surface area contributed by atoms with Crippen molar-refractivity contribution in [2.45, 2.75) is 20.3 Å². The predicted octanol–water partition coefficient (Wildman–Crippen LogP) is 3.83. The fourth-order valence-corrected chi connectivity index (χ4v) is 1.80. The van der Waals surface area contributed by atoms with Gasteiger partial charge in [0.25, 0.3) is 0 Å². The zero-order chi connectivity index (χ0) is 12.3. The second-order valence-corrected chi connectivity index (χ2v) is 4.10. The fourth-order valence-electron chi connectivity index (χ4n) is 1.80. The number of Topliss-reactive ketones (excluding diaryl/α,β-unsaturated/α-hetero) is 1. The molecule has 0 radical (unpaired) electrons. The van der Waals surface area contributed by atoms with Crippen molar-refractivity contribution in [3.05, 3.63) is 42.0 Å². The van der Waals surface area contributed by atoms with Crippen LogP contribution in [0.25, 0.3) is 10.8 Å². The van der Waals surface area contributed by atoms with Crippen molar-refractivity contribution in [3.63, 3.8) is 0 Å². The van der Waals surface area contributed by atoms with Crippen LogP contribution in [0.4, 0.5) is 0 Å². The van der Waals surface area contributed by atoms with Crippen molar-refractivity contribution in [3.8, 4) is 5.75 Å².